The van der Waals surface area contributed by atoms with Gasteiger partial charge in [-0.25, -0.2) is 9.97 Å². The van der Waals surface area contributed by atoms with E-state index in [0.29, 0.717) is 54.9 Å². The molecule has 0 unspecified atom stereocenters. The van der Waals surface area contributed by atoms with Gasteiger partial charge in [-0.1, -0.05) is 0 Å². The van der Waals surface area contributed by atoms with Crippen LogP contribution in [0, 0.1) is 0 Å². The summed E-state index contributed by atoms with van der Waals surface area (Å²) in [5.74, 6) is 1.28. The highest BCUT2D eigenvalue weighted by molar-refractivity contribution is 6.08. The van der Waals surface area contributed by atoms with Crippen molar-refractivity contribution >= 4 is 17.6 Å². The Hall–Kier alpha value is -3.36. The number of carbonyl (C=O) groups excluding carboxylic acids is 2. The average molecular weight is 400 g/mol. The Morgan fingerprint density at radius 3 is 2.03 bits per heavy atom. The number of aromatic nitrogens is 2. The highest BCUT2D eigenvalue weighted by atomic mass is 16.5. The number of benzene rings is 1. The van der Waals surface area contributed by atoms with Crippen molar-refractivity contribution in [2.24, 2.45) is 0 Å². The molecule has 0 N–H and O–H groups in total. The van der Waals surface area contributed by atoms with Crippen LogP contribution in [0.5, 0.6) is 17.2 Å². The molecule has 1 aliphatic heterocycles. The lowest BCUT2D eigenvalue weighted by molar-refractivity contribution is -0.130. The van der Waals surface area contributed by atoms with Gasteiger partial charge in [-0.3, -0.25) is 9.59 Å². The number of ketones is 1. The van der Waals surface area contributed by atoms with E-state index in [1.54, 1.807) is 35.5 Å². The normalized spacial score (nSPS) is 13.8. The van der Waals surface area contributed by atoms with Gasteiger partial charge in [0.1, 0.15) is 0 Å². The molecule has 1 fully saturated rings. The summed E-state index contributed by atoms with van der Waals surface area (Å²) >= 11 is 0. The predicted molar refractivity (Wildman–Crippen MR) is 106 cm³/mol. The molecule has 9 heteroatoms. The molecule has 1 saturated heterocycles. The van der Waals surface area contributed by atoms with Crippen LogP contribution >= 0.6 is 0 Å². The third-order valence-corrected chi connectivity index (χ3v) is 4.77. The summed E-state index contributed by atoms with van der Waals surface area (Å²) in [5, 5.41) is 0. The Labute approximate surface area is 169 Å². The molecular formula is C20H24N4O5. The standard InChI is InChI=1S/C20H24N4O5/c1-27-16-11-14(12-17(28-2)19(16)29-3)15(25)13-18(26)23-7-9-24(10-8-23)20-21-5-4-6-22-20/h4-6,11-12H,7-10,13H2,1-3H3. The smallest absolute Gasteiger partial charge is 0.230 e. The van der Waals surface area contributed by atoms with Crippen LogP contribution in [0.15, 0.2) is 30.6 Å². The summed E-state index contributed by atoms with van der Waals surface area (Å²) in [6, 6.07) is 4.88. The molecule has 0 spiro atoms. The van der Waals surface area contributed by atoms with Crippen molar-refractivity contribution in [2.45, 2.75) is 6.42 Å². The van der Waals surface area contributed by atoms with Gasteiger partial charge in [-0.05, 0) is 18.2 Å². The van der Waals surface area contributed by atoms with Gasteiger partial charge in [0.25, 0.3) is 0 Å². The molecule has 2 heterocycles. The van der Waals surface area contributed by atoms with Crippen molar-refractivity contribution in [3.05, 3.63) is 36.2 Å². The minimum Gasteiger partial charge on any atom is -0.493 e. The number of ether oxygens (including phenoxy) is 3. The second-order valence-corrected chi connectivity index (χ2v) is 6.43. The predicted octanol–water partition coefficient (Wildman–Crippen LogP) is 1.42. The summed E-state index contributed by atoms with van der Waals surface area (Å²) in [6.07, 6.45) is 3.16. The number of hydrogen-bond donors (Lipinski definition) is 0. The lowest BCUT2D eigenvalue weighted by Gasteiger charge is -2.34. The van der Waals surface area contributed by atoms with Crippen molar-refractivity contribution in [1.29, 1.82) is 0 Å². The fourth-order valence-electron chi connectivity index (χ4n) is 3.20. The summed E-state index contributed by atoms with van der Waals surface area (Å²) in [4.78, 5) is 37.5. The molecule has 9 nitrogen and oxygen atoms in total. The largest absolute Gasteiger partial charge is 0.493 e. The van der Waals surface area contributed by atoms with Gasteiger partial charge in [0.2, 0.25) is 17.6 Å². The lowest BCUT2D eigenvalue weighted by Crippen LogP contribution is -2.49. The molecule has 0 atom stereocenters. The van der Waals surface area contributed by atoms with E-state index in [0.717, 1.165) is 0 Å². The molecule has 2 aromatic rings. The van der Waals surface area contributed by atoms with E-state index in [4.69, 9.17) is 14.2 Å². The van der Waals surface area contributed by atoms with Crippen LogP contribution in [0.3, 0.4) is 0 Å². The van der Waals surface area contributed by atoms with Crippen molar-refractivity contribution in [1.82, 2.24) is 14.9 Å². The highest BCUT2D eigenvalue weighted by Crippen LogP contribution is 2.38. The maximum Gasteiger partial charge on any atom is 0.230 e. The second kappa shape index (κ2) is 9.22. The summed E-state index contributed by atoms with van der Waals surface area (Å²) in [6.45, 7) is 2.27. The van der Waals surface area contributed by atoms with Crippen LogP contribution in [0.1, 0.15) is 16.8 Å². The Morgan fingerprint density at radius 2 is 1.52 bits per heavy atom. The van der Waals surface area contributed by atoms with Gasteiger partial charge >= 0.3 is 0 Å². The molecule has 0 radical (unpaired) electrons. The van der Waals surface area contributed by atoms with E-state index >= 15 is 0 Å². The maximum atomic E-state index is 12.7. The van der Waals surface area contributed by atoms with E-state index in [1.807, 2.05) is 4.90 Å². The van der Waals surface area contributed by atoms with Crippen molar-refractivity contribution in [3.63, 3.8) is 0 Å². The topological polar surface area (TPSA) is 94.1 Å². The Kier molecular flexibility index (Phi) is 6.48. The first-order valence-corrected chi connectivity index (χ1v) is 9.20. The molecule has 29 heavy (non-hydrogen) atoms. The van der Waals surface area contributed by atoms with Crippen LogP contribution < -0.4 is 19.1 Å². The molecule has 0 bridgehead atoms. The van der Waals surface area contributed by atoms with Crippen LogP contribution in [0.2, 0.25) is 0 Å². The molecular weight excluding hydrogens is 376 g/mol. The quantitative estimate of drug-likeness (QED) is 0.509. The SMILES string of the molecule is COc1cc(C(=O)CC(=O)N2CCN(c3ncccn3)CC2)cc(OC)c1OC. The number of amides is 1. The molecule has 0 saturated carbocycles. The van der Waals surface area contributed by atoms with Gasteiger partial charge in [0.05, 0.1) is 27.8 Å². The zero-order valence-corrected chi connectivity index (χ0v) is 16.8. The number of Topliss-reactive ketones (excluding diaryl/α,β-unsaturated/α-hetero) is 1. The third kappa shape index (κ3) is 4.56. The van der Waals surface area contributed by atoms with Crippen LogP contribution in [0.4, 0.5) is 5.95 Å². The minimum atomic E-state index is -0.303. The van der Waals surface area contributed by atoms with Gasteiger partial charge in [0, 0.05) is 44.1 Å². The summed E-state index contributed by atoms with van der Waals surface area (Å²) in [5.41, 5.74) is 0.337. The number of rotatable bonds is 7. The van der Waals surface area contributed by atoms with Crippen LogP contribution in [-0.4, -0.2) is 74.1 Å². The summed E-state index contributed by atoms with van der Waals surface area (Å²) in [7, 11) is 4.45. The van der Waals surface area contributed by atoms with Crippen LogP contribution in [0.25, 0.3) is 0 Å². The molecule has 3 rings (SSSR count). The van der Waals surface area contributed by atoms with E-state index in [1.165, 1.54) is 21.3 Å². The van der Waals surface area contributed by atoms with Crippen molar-refractivity contribution < 1.29 is 23.8 Å². The first-order chi connectivity index (χ1) is 14.1. The Bertz CT molecular complexity index is 841. The average Bonchev–Trinajstić information content (AvgIpc) is 2.78. The highest BCUT2D eigenvalue weighted by Gasteiger charge is 2.25. The van der Waals surface area contributed by atoms with Crippen molar-refractivity contribution in [3.8, 4) is 17.2 Å². The molecule has 1 aromatic carbocycles. The minimum absolute atomic E-state index is 0.211. The Morgan fingerprint density at radius 1 is 0.931 bits per heavy atom. The molecule has 1 amide bonds. The van der Waals surface area contributed by atoms with Crippen molar-refractivity contribution in [2.75, 3.05) is 52.4 Å². The number of piperazine rings is 1. The van der Waals surface area contributed by atoms with Gasteiger partial charge in [-0.2, -0.15) is 0 Å². The molecule has 154 valence electrons. The number of carbonyl (C=O) groups is 2. The zero-order valence-electron chi connectivity index (χ0n) is 16.8. The second-order valence-electron chi connectivity index (χ2n) is 6.43. The molecule has 1 aromatic heterocycles. The first kappa shape index (κ1) is 20.4. The maximum absolute atomic E-state index is 12.7. The van der Waals surface area contributed by atoms with E-state index < -0.39 is 0 Å². The zero-order chi connectivity index (χ0) is 20.8. The van der Waals surface area contributed by atoms with Gasteiger partial charge in [-0.15, -0.1) is 0 Å². The van der Waals surface area contributed by atoms with Gasteiger partial charge in [0.15, 0.2) is 17.3 Å². The van der Waals surface area contributed by atoms with E-state index in [-0.39, 0.29) is 18.1 Å². The number of anilines is 1. The van der Waals surface area contributed by atoms with Gasteiger partial charge < -0.3 is 24.0 Å². The van der Waals surface area contributed by atoms with E-state index in [2.05, 4.69) is 9.97 Å². The fourth-order valence-corrected chi connectivity index (χ4v) is 3.20. The molecule has 1 aliphatic rings. The third-order valence-electron chi connectivity index (χ3n) is 4.77. The van der Waals surface area contributed by atoms with E-state index in [9.17, 15) is 9.59 Å². The monoisotopic (exact) mass is 400 g/mol. The lowest BCUT2D eigenvalue weighted by atomic mass is 10.1. The fraction of sp³-hybridized carbons (Fsp3) is 0.400. The molecule has 0 aliphatic carbocycles. The summed E-state index contributed by atoms with van der Waals surface area (Å²) < 4.78 is 15.8. The number of methoxy groups -OCH3 is 3. The van der Waals surface area contributed by atoms with Crippen LogP contribution in [-0.2, 0) is 4.79 Å². The number of nitrogens with zero attached hydrogens (tertiary/aromatic N) is 4. The Balaban J connectivity index is 1.63. The first-order valence-electron chi connectivity index (χ1n) is 9.20. The number of hydrogen-bond acceptors (Lipinski definition) is 8.